The number of aryl methyl sites for hydroxylation is 1. The van der Waals surface area contributed by atoms with E-state index in [0.29, 0.717) is 17.6 Å². The molecular weight excluding hydrogens is 394 g/mol. The molecule has 0 saturated carbocycles. The first-order valence-corrected chi connectivity index (χ1v) is 10.3. The van der Waals surface area contributed by atoms with E-state index in [4.69, 9.17) is 4.42 Å². The second-order valence-corrected chi connectivity index (χ2v) is 7.58. The van der Waals surface area contributed by atoms with Crippen LogP contribution in [-0.4, -0.2) is 36.9 Å². The molecule has 8 heteroatoms. The molecule has 0 spiro atoms. The van der Waals surface area contributed by atoms with Gasteiger partial charge in [0.15, 0.2) is 5.58 Å². The van der Waals surface area contributed by atoms with E-state index >= 15 is 0 Å². The Morgan fingerprint density at radius 3 is 2.71 bits per heavy atom. The van der Waals surface area contributed by atoms with Crippen molar-refractivity contribution in [1.82, 2.24) is 24.4 Å². The number of likely N-dealkylation sites (tertiary alicyclic amines) is 1. The minimum atomic E-state index is -0.436. The molecular formula is C23H21N5O3. The number of carbonyl (C=O) groups excluding carboxylic acids is 1. The Hall–Kier alpha value is -3.81. The fourth-order valence-electron chi connectivity index (χ4n) is 4.17. The third kappa shape index (κ3) is 3.72. The van der Waals surface area contributed by atoms with Gasteiger partial charge in [-0.05, 0) is 31.0 Å². The van der Waals surface area contributed by atoms with E-state index in [1.807, 2.05) is 35.2 Å². The van der Waals surface area contributed by atoms with Gasteiger partial charge in [0.05, 0.1) is 17.3 Å². The highest BCUT2D eigenvalue weighted by Crippen LogP contribution is 2.32. The molecule has 1 aliphatic heterocycles. The van der Waals surface area contributed by atoms with Crippen LogP contribution in [0.2, 0.25) is 0 Å². The highest BCUT2D eigenvalue weighted by molar-refractivity contribution is 5.77. The van der Waals surface area contributed by atoms with Gasteiger partial charge in [-0.15, -0.1) is 0 Å². The van der Waals surface area contributed by atoms with Crippen molar-refractivity contribution in [2.75, 3.05) is 6.54 Å². The quantitative estimate of drug-likeness (QED) is 0.497. The third-order valence-electron chi connectivity index (χ3n) is 5.72. The lowest BCUT2D eigenvalue weighted by Crippen LogP contribution is -2.32. The maximum absolute atomic E-state index is 13.0. The Morgan fingerprint density at radius 2 is 1.90 bits per heavy atom. The molecule has 1 unspecified atom stereocenters. The molecule has 31 heavy (non-hydrogen) atoms. The summed E-state index contributed by atoms with van der Waals surface area (Å²) < 4.78 is 6.78. The number of pyridine rings is 1. The van der Waals surface area contributed by atoms with Gasteiger partial charge >= 0.3 is 5.76 Å². The molecule has 1 amide bonds. The van der Waals surface area contributed by atoms with Crippen molar-refractivity contribution < 1.29 is 9.21 Å². The van der Waals surface area contributed by atoms with Gasteiger partial charge in [-0.2, -0.15) is 0 Å². The number of aromatic nitrogens is 4. The lowest BCUT2D eigenvalue weighted by atomic mass is 10.1. The predicted molar refractivity (Wildman–Crippen MR) is 114 cm³/mol. The SMILES string of the molecule is O=C(CCn1c(=O)oc2ccccc21)N1CCCC1c1ccc(-c2cncnc2)cn1. The average molecular weight is 415 g/mol. The zero-order valence-electron chi connectivity index (χ0n) is 16.8. The monoisotopic (exact) mass is 415 g/mol. The average Bonchev–Trinajstić information content (AvgIpc) is 3.42. The Labute approximate surface area is 178 Å². The summed E-state index contributed by atoms with van der Waals surface area (Å²) in [6.07, 6.45) is 8.83. The number of hydrogen-bond acceptors (Lipinski definition) is 6. The Kier molecular flexibility index (Phi) is 5.03. The predicted octanol–water partition coefficient (Wildman–Crippen LogP) is 3.20. The molecule has 1 atom stereocenters. The van der Waals surface area contributed by atoms with E-state index in [-0.39, 0.29) is 24.9 Å². The van der Waals surface area contributed by atoms with Crippen molar-refractivity contribution in [2.24, 2.45) is 0 Å². The number of fused-ring (bicyclic) bond motifs is 1. The van der Waals surface area contributed by atoms with Gasteiger partial charge in [0.2, 0.25) is 5.91 Å². The standard InChI is InChI=1S/C23H21N5O3/c29-22(9-11-28-20-4-1-2-6-21(20)31-23(28)30)27-10-3-5-19(27)18-8-7-16(14-26-18)17-12-24-15-25-13-17/h1-2,4,6-8,12-15,19H,3,5,9-11H2. The molecule has 0 aliphatic carbocycles. The molecule has 1 aliphatic rings. The third-order valence-corrected chi connectivity index (χ3v) is 5.72. The lowest BCUT2D eigenvalue weighted by molar-refractivity contribution is -0.132. The normalized spacial score (nSPS) is 16.1. The summed E-state index contributed by atoms with van der Waals surface area (Å²) >= 11 is 0. The van der Waals surface area contributed by atoms with Crippen LogP contribution in [-0.2, 0) is 11.3 Å². The number of amides is 1. The van der Waals surface area contributed by atoms with E-state index in [0.717, 1.165) is 29.7 Å². The van der Waals surface area contributed by atoms with Crippen LogP contribution in [0.25, 0.3) is 22.2 Å². The summed E-state index contributed by atoms with van der Waals surface area (Å²) in [5.74, 6) is -0.420. The molecule has 0 bridgehead atoms. The van der Waals surface area contributed by atoms with Crippen LogP contribution in [0.15, 0.2) is 70.5 Å². The second-order valence-electron chi connectivity index (χ2n) is 7.58. The van der Waals surface area contributed by atoms with Crippen LogP contribution in [0.4, 0.5) is 0 Å². The fraction of sp³-hybridized carbons (Fsp3) is 0.261. The number of oxazole rings is 1. The molecule has 0 N–H and O–H groups in total. The van der Waals surface area contributed by atoms with Crippen molar-refractivity contribution in [3.05, 3.63) is 77.6 Å². The summed E-state index contributed by atoms with van der Waals surface area (Å²) in [6, 6.07) is 11.1. The van der Waals surface area contributed by atoms with Crippen molar-refractivity contribution in [2.45, 2.75) is 31.8 Å². The van der Waals surface area contributed by atoms with E-state index in [1.54, 1.807) is 24.7 Å². The van der Waals surface area contributed by atoms with Gasteiger partial charge < -0.3 is 9.32 Å². The Bertz CT molecular complexity index is 1260. The van der Waals surface area contributed by atoms with Crippen LogP contribution >= 0.6 is 0 Å². The van der Waals surface area contributed by atoms with E-state index in [1.165, 1.54) is 10.9 Å². The molecule has 156 valence electrons. The van der Waals surface area contributed by atoms with Gasteiger partial charge in [0, 0.05) is 49.2 Å². The zero-order valence-corrected chi connectivity index (χ0v) is 16.8. The molecule has 1 saturated heterocycles. The highest BCUT2D eigenvalue weighted by atomic mass is 16.4. The van der Waals surface area contributed by atoms with Gasteiger partial charge in [0.25, 0.3) is 0 Å². The lowest BCUT2D eigenvalue weighted by Gasteiger charge is -2.24. The first-order valence-electron chi connectivity index (χ1n) is 10.3. The maximum Gasteiger partial charge on any atom is 0.419 e. The van der Waals surface area contributed by atoms with Crippen LogP contribution in [0.3, 0.4) is 0 Å². The van der Waals surface area contributed by atoms with Gasteiger partial charge in [-0.25, -0.2) is 14.8 Å². The molecule has 1 fully saturated rings. The largest absolute Gasteiger partial charge is 0.419 e. The van der Waals surface area contributed by atoms with E-state index < -0.39 is 5.76 Å². The van der Waals surface area contributed by atoms with Crippen molar-refractivity contribution >= 4 is 17.0 Å². The number of nitrogens with zero attached hydrogens (tertiary/aromatic N) is 5. The first kappa shape index (κ1) is 19.2. The number of benzene rings is 1. The molecule has 4 aromatic rings. The van der Waals surface area contributed by atoms with Crippen LogP contribution in [0, 0.1) is 0 Å². The number of rotatable bonds is 5. The number of carbonyl (C=O) groups is 1. The summed E-state index contributed by atoms with van der Waals surface area (Å²) in [5, 5.41) is 0. The minimum absolute atomic E-state index is 0.0158. The summed E-state index contributed by atoms with van der Waals surface area (Å²) in [6.45, 7) is 0.985. The van der Waals surface area contributed by atoms with E-state index in [9.17, 15) is 9.59 Å². The minimum Gasteiger partial charge on any atom is -0.408 e. The fourth-order valence-corrected chi connectivity index (χ4v) is 4.17. The first-order chi connectivity index (χ1) is 15.2. The summed E-state index contributed by atoms with van der Waals surface area (Å²) in [4.78, 5) is 39.7. The second kappa shape index (κ2) is 8.14. The molecule has 0 radical (unpaired) electrons. The number of para-hydroxylation sites is 2. The van der Waals surface area contributed by atoms with Gasteiger partial charge in [-0.3, -0.25) is 14.3 Å². The topological polar surface area (TPSA) is 94.1 Å². The molecule has 4 heterocycles. The maximum atomic E-state index is 13.0. The molecule has 3 aromatic heterocycles. The molecule has 5 rings (SSSR count). The van der Waals surface area contributed by atoms with Crippen molar-refractivity contribution in [3.8, 4) is 11.1 Å². The van der Waals surface area contributed by atoms with Crippen molar-refractivity contribution in [1.29, 1.82) is 0 Å². The zero-order chi connectivity index (χ0) is 21.2. The molecule has 8 nitrogen and oxygen atoms in total. The van der Waals surface area contributed by atoms with Gasteiger partial charge in [0.1, 0.15) is 6.33 Å². The van der Waals surface area contributed by atoms with Crippen LogP contribution < -0.4 is 5.76 Å². The van der Waals surface area contributed by atoms with Gasteiger partial charge in [-0.1, -0.05) is 18.2 Å². The molecule has 1 aromatic carbocycles. The highest BCUT2D eigenvalue weighted by Gasteiger charge is 2.30. The van der Waals surface area contributed by atoms with Crippen molar-refractivity contribution in [3.63, 3.8) is 0 Å². The smallest absolute Gasteiger partial charge is 0.408 e. The van der Waals surface area contributed by atoms with Crippen LogP contribution in [0.5, 0.6) is 0 Å². The summed E-state index contributed by atoms with van der Waals surface area (Å²) in [7, 11) is 0. The summed E-state index contributed by atoms with van der Waals surface area (Å²) in [5.41, 5.74) is 3.95. The number of hydrogen-bond donors (Lipinski definition) is 0. The Balaban J connectivity index is 1.30. The van der Waals surface area contributed by atoms with E-state index in [2.05, 4.69) is 15.0 Å². The van der Waals surface area contributed by atoms with Crippen LogP contribution in [0.1, 0.15) is 31.0 Å². The Morgan fingerprint density at radius 1 is 1.06 bits per heavy atom.